The van der Waals surface area contributed by atoms with E-state index in [1.54, 1.807) is 0 Å². The van der Waals surface area contributed by atoms with Crippen LogP contribution in [-0.4, -0.2) is 33.1 Å². The van der Waals surface area contributed by atoms with E-state index in [4.69, 9.17) is 11.6 Å². The Hall–Kier alpha value is -0.540. The smallest absolute Gasteiger partial charge is 0.0534 e. The zero-order valence-corrected chi connectivity index (χ0v) is 10.7. The maximum atomic E-state index is 5.86. The van der Waals surface area contributed by atoms with Gasteiger partial charge in [-0.2, -0.15) is 5.10 Å². The van der Waals surface area contributed by atoms with Gasteiger partial charge < -0.3 is 0 Å². The summed E-state index contributed by atoms with van der Waals surface area (Å²) in [4.78, 5) is 2.49. The number of hydrogen-bond acceptors (Lipinski definition) is 2. The van der Waals surface area contributed by atoms with Gasteiger partial charge in [-0.3, -0.25) is 9.58 Å². The lowest BCUT2D eigenvalue weighted by atomic mass is 9.91. The van der Waals surface area contributed by atoms with Gasteiger partial charge in [0.25, 0.3) is 0 Å². The zero-order valence-electron chi connectivity index (χ0n) is 9.90. The van der Waals surface area contributed by atoms with Crippen molar-refractivity contribution in [1.82, 2.24) is 14.7 Å². The van der Waals surface area contributed by atoms with Crippen LogP contribution in [-0.2, 0) is 13.1 Å². The molecule has 0 unspecified atom stereocenters. The van der Waals surface area contributed by atoms with Gasteiger partial charge >= 0.3 is 0 Å². The summed E-state index contributed by atoms with van der Waals surface area (Å²) in [5.41, 5.74) is 1.30. The molecule has 0 atom stereocenters. The minimum Gasteiger partial charge on any atom is -0.295 e. The minimum absolute atomic E-state index is 0.721. The Labute approximate surface area is 102 Å². The van der Waals surface area contributed by atoms with E-state index in [1.165, 1.54) is 24.8 Å². The molecule has 0 radical (unpaired) electrons. The molecule has 0 N–H and O–H groups in total. The molecule has 1 heterocycles. The summed E-state index contributed by atoms with van der Waals surface area (Å²) in [7, 11) is 0. The highest BCUT2D eigenvalue weighted by Gasteiger charge is 2.24. The van der Waals surface area contributed by atoms with Crippen molar-refractivity contribution in [3.8, 4) is 0 Å². The van der Waals surface area contributed by atoms with E-state index in [2.05, 4.69) is 23.1 Å². The Morgan fingerprint density at radius 2 is 2.38 bits per heavy atom. The second kappa shape index (κ2) is 5.69. The van der Waals surface area contributed by atoms with E-state index in [0.29, 0.717) is 0 Å². The van der Waals surface area contributed by atoms with Crippen LogP contribution in [0.25, 0.3) is 0 Å². The third kappa shape index (κ3) is 2.77. The van der Waals surface area contributed by atoms with Crippen LogP contribution >= 0.6 is 11.6 Å². The van der Waals surface area contributed by atoms with Crippen LogP contribution in [0.5, 0.6) is 0 Å². The fourth-order valence-corrected chi connectivity index (χ4v) is 2.36. The number of rotatable bonds is 6. The average Bonchev–Trinajstić information content (AvgIpc) is 2.63. The minimum atomic E-state index is 0.721. The van der Waals surface area contributed by atoms with Crippen LogP contribution in [0.2, 0.25) is 0 Å². The number of aromatic nitrogens is 2. The monoisotopic (exact) mass is 241 g/mol. The topological polar surface area (TPSA) is 21.1 Å². The quantitative estimate of drug-likeness (QED) is 0.714. The summed E-state index contributed by atoms with van der Waals surface area (Å²) in [5, 5.41) is 4.31. The van der Waals surface area contributed by atoms with Gasteiger partial charge in [-0.25, -0.2) is 0 Å². The standard InChI is InChI=1S/C12H20ClN3/c1-2-16-10-11(8-14-16)9-15(7-6-13)12-4-3-5-12/h8,10,12H,2-7,9H2,1H3. The molecular weight excluding hydrogens is 222 g/mol. The summed E-state index contributed by atoms with van der Waals surface area (Å²) in [6, 6.07) is 0.753. The Balaban J connectivity index is 1.93. The predicted octanol–water partition coefficient (Wildman–Crippen LogP) is 2.50. The van der Waals surface area contributed by atoms with Crippen molar-refractivity contribution in [2.24, 2.45) is 0 Å². The largest absolute Gasteiger partial charge is 0.295 e. The lowest BCUT2D eigenvalue weighted by Crippen LogP contribution is -2.40. The number of alkyl halides is 1. The van der Waals surface area contributed by atoms with Gasteiger partial charge in [-0.1, -0.05) is 6.42 Å². The molecule has 1 aromatic heterocycles. The molecule has 16 heavy (non-hydrogen) atoms. The van der Waals surface area contributed by atoms with Crippen molar-refractivity contribution >= 4 is 11.6 Å². The molecule has 2 rings (SSSR count). The van der Waals surface area contributed by atoms with E-state index in [9.17, 15) is 0 Å². The van der Waals surface area contributed by atoms with E-state index in [1.807, 2.05) is 10.9 Å². The molecule has 0 spiro atoms. The Morgan fingerprint density at radius 3 is 2.88 bits per heavy atom. The second-order valence-corrected chi connectivity index (χ2v) is 4.83. The fourth-order valence-electron chi connectivity index (χ4n) is 2.15. The predicted molar refractivity (Wildman–Crippen MR) is 66.7 cm³/mol. The van der Waals surface area contributed by atoms with Crippen molar-refractivity contribution in [1.29, 1.82) is 0 Å². The molecule has 0 aliphatic heterocycles. The Morgan fingerprint density at radius 1 is 1.56 bits per heavy atom. The third-order valence-electron chi connectivity index (χ3n) is 3.36. The van der Waals surface area contributed by atoms with Gasteiger partial charge in [-0.15, -0.1) is 11.6 Å². The zero-order chi connectivity index (χ0) is 11.4. The maximum Gasteiger partial charge on any atom is 0.0534 e. The van der Waals surface area contributed by atoms with Gasteiger partial charge in [0.05, 0.1) is 6.20 Å². The van der Waals surface area contributed by atoms with Crippen molar-refractivity contribution in [3.05, 3.63) is 18.0 Å². The SMILES string of the molecule is CCn1cc(CN(CCCl)C2CCC2)cn1. The van der Waals surface area contributed by atoms with E-state index < -0.39 is 0 Å². The first-order valence-electron chi connectivity index (χ1n) is 6.15. The van der Waals surface area contributed by atoms with Gasteiger partial charge in [0.15, 0.2) is 0 Å². The van der Waals surface area contributed by atoms with Crippen LogP contribution in [0.1, 0.15) is 31.7 Å². The first kappa shape index (κ1) is 11.9. The second-order valence-electron chi connectivity index (χ2n) is 4.45. The van der Waals surface area contributed by atoms with Crippen LogP contribution in [0.4, 0.5) is 0 Å². The Bertz CT molecular complexity index is 320. The molecule has 0 aromatic carbocycles. The summed E-state index contributed by atoms with van der Waals surface area (Å²) in [5.74, 6) is 0.721. The maximum absolute atomic E-state index is 5.86. The lowest BCUT2D eigenvalue weighted by Gasteiger charge is -2.37. The molecule has 0 amide bonds. The number of aryl methyl sites for hydroxylation is 1. The van der Waals surface area contributed by atoms with E-state index in [-0.39, 0.29) is 0 Å². The average molecular weight is 242 g/mol. The molecule has 4 heteroatoms. The highest BCUT2D eigenvalue weighted by Crippen LogP contribution is 2.26. The van der Waals surface area contributed by atoms with Crippen molar-refractivity contribution in [2.45, 2.75) is 45.3 Å². The summed E-state index contributed by atoms with van der Waals surface area (Å²) < 4.78 is 1.98. The molecule has 3 nitrogen and oxygen atoms in total. The molecule has 0 saturated heterocycles. The van der Waals surface area contributed by atoms with Gasteiger partial charge in [0, 0.05) is 43.3 Å². The van der Waals surface area contributed by atoms with Crippen LogP contribution < -0.4 is 0 Å². The first-order chi connectivity index (χ1) is 7.83. The molecule has 1 aliphatic carbocycles. The molecule has 0 bridgehead atoms. The van der Waals surface area contributed by atoms with Gasteiger partial charge in [0.2, 0.25) is 0 Å². The highest BCUT2D eigenvalue weighted by atomic mass is 35.5. The molecule has 1 fully saturated rings. The normalized spacial score (nSPS) is 16.7. The van der Waals surface area contributed by atoms with E-state index in [0.717, 1.165) is 31.6 Å². The van der Waals surface area contributed by atoms with Gasteiger partial charge in [0.1, 0.15) is 0 Å². The van der Waals surface area contributed by atoms with Crippen LogP contribution in [0.15, 0.2) is 12.4 Å². The molecule has 90 valence electrons. The molecule has 1 aliphatic rings. The summed E-state index contributed by atoms with van der Waals surface area (Å²) in [6.07, 6.45) is 8.15. The van der Waals surface area contributed by atoms with Crippen molar-refractivity contribution in [2.75, 3.05) is 12.4 Å². The lowest BCUT2D eigenvalue weighted by molar-refractivity contribution is 0.127. The number of nitrogens with zero attached hydrogens (tertiary/aromatic N) is 3. The number of halogens is 1. The molecule has 1 saturated carbocycles. The van der Waals surface area contributed by atoms with Crippen LogP contribution in [0.3, 0.4) is 0 Å². The summed E-state index contributed by atoms with van der Waals surface area (Å²) in [6.45, 7) is 5.04. The van der Waals surface area contributed by atoms with E-state index >= 15 is 0 Å². The first-order valence-corrected chi connectivity index (χ1v) is 6.68. The molecule has 1 aromatic rings. The molecular formula is C12H20ClN3. The van der Waals surface area contributed by atoms with Crippen molar-refractivity contribution < 1.29 is 0 Å². The number of hydrogen-bond donors (Lipinski definition) is 0. The highest BCUT2D eigenvalue weighted by molar-refractivity contribution is 6.18. The summed E-state index contributed by atoms with van der Waals surface area (Å²) >= 11 is 5.86. The Kier molecular flexibility index (Phi) is 4.24. The van der Waals surface area contributed by atoms with Crippen molar-refractivity contribution in [3.63, 3.8) is 0 Å². The van der Waals surface area contributed by atoms with Crippen LogP contribution in [0, 0.1) is 0 Å². The third-order valence-corrected chi connectivity index (χ3v) is 3.53. The fraction of sp³-hybridized carbons (Fsp3) is 0.750. The van der Waals surface area contributed by atoms with Gasteiger partial charge in [-0.05, 0) is 19.8 Å².